The summed E-state index contributed by atoms with van der Waals surface area (Å²) < 4.78 is 30.6. The molecule has 7 nitrogen and oxygen atoms in total. The first-order chi connectivity index (χ1) is 17.7. The summed E-state index contributed by atoms with van der Waals surface area (Å²) in [6.45, 7) is 7.06. The van der Waals surface area contributed by atoms with E-state index < -0.39 is 17.8 Å². The molecular formula is C29H37FN2O5. The van der Waals surface area contributed by atoms with Gasteiger partial charge in [0, 0.05) is 20.2 Å². The molecule has 2 aromatic rings. The van der Waals surface area contributed by atoms with E-state index in [0.717, 1.165) is 17.5 Å². The van der Waals surface area contributed by atoms with Crippen LogP contribution in [0, 0.1) is 5.82 Å². The Labute approximate surface area is 218 Å². The standard InChI is InChI=1S/C29H37FN2O5/c1-29(2,3)37-28(34)31(17-18-35-4)23-13-14-25(36-19-23)27(33)32-16-15-20-7-5-6-8-24(20)26(32)21-9-11-22(30)12-10-21/h5-12,23,25-26H,13-19H2,1-4H3/t23-,25-,26-/m0/s1. The molecule has 0 saturated carbocycles. The van der Waals surface area contributed by atoms with Crippen molar-refractivity contribution >= 4 is 12.0 Å². The molecule has 0 unspecified atom stereocenters. The summed E-state index contributed by atoms with van der Waals surface area (Å²) in [7, 11) is 1.59. The van der Waals surface area contributed by atoms with Crippen LogP contribution in [0.3, 0.4) is 0 Å². The lowest BCUT2D eigenvalue weighted by atomic mass is 9.87. The van der Waals surface area contributed by atoms with Crippen LogP contribution in [0.25, 0.3) is 0 Å². The zero-order valence-electron chi connectivity index (χ0n) is 22.1. The van der Waals surface area contributed by atoms with Gasteiger partial charge in [-0.15, -0.1) is 0 Å². The van der Waals surface area contributed by atoms with Gasteiger partial charge >= 0.3 is 6.09 Å². The van der Waals surface area contributed by atoms with Crippen LogP contribution in [-0.2, 0) is 25.4 Å². The van der Waals surface area contributed by atoms with E-state index in [1.165, 1.54) is 17.7 Å². The van der Waals surface area contributed by atoms with Crippen molar-refractivity contribution in [1.29, 1.82) is 0 Å². The van der Waals surface area contributed by atoms with Gasteiger partial charge in [0.2, 0.25) is 0 Å². The Morgan fingerprint density at radius 2 is 1.84 bits per heavy atom. The SMILES string of the molecule is COCCN(C(=O)OC(C)(C)C)[C@H]1CC[C@@H](C(=O)N2CCc3ccccc3[C@@H]2c2ccc(F)cc2)OC1. The summed E-state index contributed by atoms with van der Waals surface area (Å²) in [6.07, 6.45) is 0.840. The van der Waals surface area contributed by atoms with Crippen molar-refractivity contribution in [1.82, 2.24) is 9.80 Å². The lowest BCUT2D eigenvalue weighted by Gasteiger charge is -2.42. The Kier molecular flexibility index (Phi) is 8.49. The van der Waals surface area contributed by atoms with E-state index in [4.69, 9.17) is 14.2 Å². The minimum absolute atomic E-state index is 0.0806. The normalized spacial score (nSPS) is 21.8. The lowest BCUT2D eigenvalue weighted by Crippen LogP contribution is -2.52. The van der Waals surface area contributed by atoms with Crippen LogP contribution in [0.15, 0.2) is 48.5 Å². The molecule has 2 amide bonds. The molecule has 1 saturated heterocycles. The largest absolute Gasteiger partial charge is 0.444 e. The zero-order valence-corrected chi connectivity index (χ0v) is 22.1. The van der Waals surface area contributed by atoms with Gasteiger partial charge in [0.1, 0.15) is 17.5 Å². The van der Waals surface area contributed by atoms with Gasteiger partial charge in [-0.3, -0.25) is 4.79 Å². The van der Waals surface area contributed by atoms with Crippen molar-refractivity contribution in [3.63, 3.8) is 0 Å². The van der Waals surface area contributed by atoms with E-state index in [1.54, 1.807) is 24.1 Å². The number of ether oxygens (including phenoxy) is 3. The summed E-state index contributed by atoms with van der Waals surface area (Å²) in [5, 5.41) is 0. The van der Waals surface area contributed by atoms with Crippen molar-refractivity contribution in [2.45, 2.75) is 63.8 Å². The Morgan fingerprint density at radius 3 is 2.49 bits per heavy atom. The molecular weight excluding hydrogens is 475 g/mol. The molecule has 4 rings (SSSR count). The highest BCUT2D eigenvalue weighted by Gasteiger charge is 2.39. The minimum atomic E-state index is -0.615. The molecule has 0 bridgehead atoms. The van der Waals surface area contributed by atoms with Crippen LogP contribution >= 0.6 is 0 Å². The first kappa shape index (κ1) is 27.1. The second kappa shape index (κ2) is 11.6. The molecule has 0 radical (unpaired) electrons. The van der Waals surface area contributed by atoms with Crippen molar-refractivity contribution in [3.05, 3.63) is 71.0 Å². The first-order valence-corrected chi connectivity index (χ1v) is 12.9. The molecule has 1 fully saturated rings. The molecule has 2 aliphatic rings. The van der Waals surface area contributed by atoms with Crippen LogP contribution in [0.1, 0.15) is 56.3 Å². The van der Waals surface area contributed by atoms with Gasteiger partial charge in [0.05, 0.1) is 25.3 Å². The number of benzene rings is 2. The second-order valence-corrected chi connectivity index (χ2v) is 10.7. The molecule has 2 aromatic carbocycles. The second-order valence-electron chi connectivity index (χ2n) is 10.7. The van der Waals surface area contributed by atoms with Gasteiger partial charge in [-0.2, -0.15) is 0 Å². The lowest BCUT2D eigenvalue weighted by molar-refractivity contribution is -0.151. The summed E-state index contributed by atoms with van der Waals surface area (Å²) in [4.78, 5) is 30.1. The summed E-state index contributed by atoms with van der Waals surface area (Å²) in [5.41, 5.74) is 2.50. The number of nitrogens with zero attached hydrogens (tertiary/aromatic N) is 2. The maximum atomic E-state index is 13.8. The fraction of sp³-hybridized carbons (Fsp3) is 0.517. The molecule has 0 N–H and O–H groups in total. The smallest absolute Gasteiger partial charge is 0.410 e. The third-order valence-corrected chi connectivity index (χ3v) is 6.88. The van der Waals surface area contributed by atoms with Crippen molar-refractivity contribution < 1.29 is 28.2 Å². The number of hydrogen-bond acceptors (Lipinski definition) is 5. The highest BCUT2D eigenvalue weighted by Crippen LogP contribution is 2.36. The topological polar surface area (TPSA) is 68.3 Å². The van der Waals surface area contributed by atoms with Gasteiger partial charge in [0.25, 0.3) is 5.91 Å². The van der Waals surface area contributed by atoms with Crippen LogP contribution in [-0.4, -0.2) is 73.0 Å². The van der Waals surface area contributed by atoms with E-state index in [9.17, 15) is 14.0 Å². The van der Waals surface area contributed by atoms with E-state index in [1.807, 2.05) is 43.9 Å². The molecule has 0 aromatic heterocycles. The van der Waals surface area contributed by atoms with Crippen molar-refractivity contribution in [2.24, 2.45) is 0 Å². The molecule has 2 aliphatic heterocycles. The fourth-order valence-corrected chi connectivity index (χ4v) is 5.10. The predicted molar refractivity (Wildman–Crippen MR) is 138 cm³/mol. The number of carbonyl (C=O) groups is 2. The van der Waals surface area contributed by atoms with Gasteiger partial charge < -0.3 is 24.0 Å². The maximum absolute atomic E-state index is 13.8. The summed E-state index contributed by atoms with van der Waals surface area (Å²) in [6, 6.07) is 13.9. The highest BCUT2D eigenvalue weighted by atomic mass is 19.1. The first-order valence-electron chi connectivity index (χ1n) is 12.9. The van der Waals surface area contributed by atoms with Crippen molar-refractivity contribution in [3.8, 4) is 0 Å². The van der Waals surface area contributed by atoms with Gasteiger partial charge in [-0.05, 0) is 68.9 Å². The molecule has 0 aliphatic carbocycles. The monoisotopic (exact) mass is 512 g/mol. The predicted octanol–water partition coefficient (Wildman–Crippen LogP) is 4.73. The Hall–Kier alpha value is -2.97. The number of hydrogen-bond donors (Lipinski definition) is 0. The number of amides is 2. The quantitative estimate of drug-likeness (QED) is 0.560. The number of rotatable bonds is 6. The van der Waals surface area contributed by atoms with Crippen LogP contribution in [0.4, 0.5) is 9.18 Å². The van der Waals surface area contributed by atoms with Crippen LogP contribution in [0.5, 0.6) is 0 Å². The average Bonchev–Trinajstić information content (AvgIpc) is 2.88. The van der Waals surface area contributed by atoms with E-state index >= 15 is 0 Å². The Morgan fingerprint density at radius 1 is 1.11 bits per heavy atom. The number of fused-ring (bicyclic) bond motifs is 1. The molecule has 8 heteroatoms. The van der Waals surface area contributed by atoms with Gasteiger partial charge in [-0.25, -0.2) is 9.18 Å². The third-order valence-electron chi connectivity index (χ3n) is 6.88. The van der Waals surface area contributed by atoms with Crippen molar-refractivity contribution in [2.75, 3.05) is 33.4 Å². The number of carbonyl (C=O) groups excluding carboxylic acids is 2. The molecule has 200 valence electrons. The Bertz CT molecular complexity index is 1080. The fourth-order valence-electron chi connectivity index (χ4n) is 5.10. The number of methoxy groups -OCH3 is 1. The Balaban J connectivity index is 1.49. The van der Waals surface area contributed by atoms with Crippen LogP contribution < -0.4 is 0 Å². The van der Waals surface area contributed by atoms with Gasteiger partial charge in [0.15, 0.2) is 0 Å². The van der Waals surface area contributed by atoms with E-state index in [0.29, 0.717) is 32.5 Å². The molecule has 0 spiro atoms. The van der Waals surface area contributed by atoms with E-state index in [-0.39, 0.29) is 30.4 Å². The zero-order chi connectivity index (χ0) is 26.6. The molecule has 2 heterocycles. The average molecular weight is 513 g/mol. The minimum Gasteiger partial charge on any atom is -0.444 e. The van der Waals surface area contributed by atoms with Crippen LogP contribution in [0.2, 0.25) is 0 Å². The summed E-state index contributed by atoms with van der Waals surface area (Å²) >= 11 is 0. The van der Waals surface area contributed by atoms with E-state index in [2.05, 4.69) is 6.07 Å². The highest BCUT2D eigenvalue weighted by molar-refractivity contribution is 5.82. The van der Waals surface area contributed by atoms with Gasteiger partial charge in [-0.1, -0.05) is 36.4 Å². The molecule has 37 heavy (non-hydrogen) atoms. The molecule has 3 atom stereocenters. The summed E-state index contributed by atoms with van der Waals surface area (Å²) in [5.74, 6) is -0.390. The third kappa shape index (κ3) is 6.48. The number of halogens is 1. The maximum Gasteiger partial charge on any atom is 0.410 e.